The van der Waals surface area contributed by atoms with Crippen LogP contribution in [-0.2, 0) is 5.41 Å². The van der Waals surface area contributed by atoms with Gasteiger partial charge in [0.05, 0.1) is 0 Å². The van der Waals surface area contributed by atoms with Crippen LogP contribution in [0.5, 0.6) is 0 Å². The van der Waals surface area contributed by atoms with Gasteiger partial charge >= 0.3 is 0 Å². The molecule has 0 radical (unpaired) electrons. The third-order valence-corrected chi connectivity index (χ3v) is 6.16. The molecule has 0 atom stereocenters. The van der Waals surface area contributed by atoms with E-state index in [1.54, 1.807) is 0 Å². The van der Waals surface area contributed by atoms with Crippen LogP contribution >= 0.6 is 0 Å². The Morgan fingerprint density at radius 2 is 1.83 bits per heavy atom. The molecule has 1 aliphatic rings. The van der Waals surface area contributed by atoms with Crippen LogP contribution in [0, 0.1) is 13.8 Å². The molecule has 0 unspecified atom stereocenters. The Labute approximate surface area is 175 Å². The number of hydrogen-bond donors (Lipinski definition) is 2. The molecule has 4 aromatic rings. The molecule has 0 saturated heterocycles. The van der Waals surface area contributed by atoms with Gasteiger partial charge in [-0.25, -0.2) is 4.98 Å². The maximum Gasteiger partial charge on any atom is 0.251 e. The lowest BCUT2D eigenvalue weighted by atomic mass is 9.78. The first-order valence-electron chi connectivity index (χ1n) is 10.2. The van der Waals surface area contributed by atoms with Crippen LogP contribution < -0.4 is 5.32 Å². The largest absolute Gasteiger partial charge is 0.351 e. The molecule has 30 heavy (non-hydrogen) atoms. The standard InChI is InChI=1S/C25H24N4O/c1-14-7-8-26-15(2)22(14)17-9-19-20(12-28-23(19)27-11-17)16-5-6-18-21(10-16)25(3,4)13-29-24(18)30/h5-12H,13H2,1-4H3,(H,27,28)(H,29,30). The fourth-order valence-corrected chi connectivity index (χ4v) is 4.47. The number of nitrogens with zero attached hydrogens (tertiary/aromatic N) is 2. The number of nitrogens with one attached hydrogen (secondary N) is 2. The first-order valence-corrected chi connectivity index (χ1v) is 10.2. The van der Waals surface area contributed by atoms with Crippen LogP contribution in [-0.4, -0.2) is 27.4 Å². The second-order valence-electron chi connectivity index (χ2n) is 8.74. The molecule has 0 aliphatic carbocycles. The van der Waals surface area contributed by atoms with Crippen LogP contribution in [0.2, 0.25) is 0 Å². The maximum absolute atomic E-state index is 12.3. The van der Waals surface area contributed by atoms with Crippen molar-refractivity contribution in [2.45, 2.75) is 33.1 Å². The number of aromatic amines is 1. The normalized spacial score (nSPS) is 15.1. The van der Waals surface area contributed by atoms with Crippen molar-refractivity contribution in [2.24, 2.45) is 0 Å². The van der Waals surface area contributed by atoms with Crippen LogP contribution in [0.25, 0.3) is 33.3 Å². The number of amides is 1. The van der Waals surface area contributed by atoms with Gasteiger partial charge in [0.15, 0.2) is 0 Å². The number of pyridine rings is 2. The monoisotopic (exact) mass is 396 g/mol. The molecule has 0 spiro atoms. The number of hydrogen-bond acceptors (Lipinski definition) is 3. The summed E-state index contributed by atoms with van der Waals surface area (Å²) >= 11 is 0. The second kappa shape index (κ2) is 6.52. The summed E-state index contributed by atoms with van der Waals surface area (Å²) in [5.74, 6) is 0.00119. The summed E-state index contributed by atoms with van der Waals surface area (Å²) < 4.78 is 0. The first kappa shape index (κ1) is 18.6. The predicted octanol–water partition coefficient (Wildman–Crippen LogP) is 4.93. The van der Waals surface area contributed by atoms with E-state index in [4.69, 9.17) is 0 Å². The van der Waals surface area contributed by atoms with E-state index in [1.165, 1.54) is 5.56 Å². The molecule has 1 aliphatic heterocycles. The molecule has 5 heteroatoms. The average molecular weight is 396 g/mol. The minimum Gasteiger partial charge on any atom is -0.351 e. The predicted molar refractivity (Wildman–Crippen MR) is 120 cm³/mol. The molecular weight excluding hydrogens is 372 g/mol. The minimum atomic E-state index is -0.112. The molecule has 150 valence electrons. The zero-order valence-electron chi connectivity index (χ0n) is 17.6. The van der Waals surface area contributed by atoms with Gasteiger partial charge in [0.2, 0.25) is 0 Å². The van der Waals surface area contributed by atoms with Crippen molar-refractivity contribution < 1.29 is 4.79 Å². The summed E-state index contributed by atoms with van der Waals surface area (Å²) in [6.07, 6.45) is 5.74. The van der Waals surface area contributed by atoms with Crippen LogP contribution in [0.3, 0.4) is 0 Å². The lowest BCUT2D eigenvalue weighted by Crippen LogP contribution is -2.43. The van der Waals surface area contributed by atoms with Crippen LogP contribution in [0.4, 0.5) is 0 Å². The van der Waals surface area contributed by atoms with Crippen molar-refractivity contribution in [1.29, 1.82) is 0 Å². The molecule has 0 saturated carbocycles. The summed E-state index contributed by atoms with van der Waals surface area (Å²) in [6.45, 7) is 9.10. The molecule has 2 N–H and O–H groups in total. The molecule has 4 heterocycles. The lowest BCUT2D eigenvalue weighted by Gasteiger charge is -2.32. The Morgan fingerprint density at radius 1 is 1.00 bits per heavy atom. The van der Waals surface area contributed by atoms with Crippen molar-refractivity contribution in [3.63, 3.8) is 0 Å². The molecule has 3 aromatic heterocycles. The van der Waals surface area contributed by atoms with Crippen molar-refractivity contribution in [2.75, 3.05) is 6.54 Å². The van der Waals surface area contributed by atoms with E-state index in [0.717, 1.165) is 50.1 Å². The first-order chi connectivity index (χ1) is 14.3. The van der Waals surface area contributed by atoms with Crippen LogP contribution in [0.15, 0.2) is 48.9 Å². The summed E-state index contributed by atoms with van der Waals surface area (Å²) in [6, 6.07) is 10.3. The molecule has 5 nitrogen and oxygen atoms in total. The summed E-state index contributed by atoms with van der Waals surface area (Å²) in [5.41, 5.74) is 9.12. The van der Waals surface area contributed by atoms with Gasteiger partial charge in [0.1, 0.15) is 5.65 Å². The molecule has 0 bridgehead atoms. The van der Waals surface area contributed by atoms with E-state index < -0.39 is 0 Å². The number of benzene rings is 1. The summed E-state index contributed by atoms with van der Waals surface area (Å²) in [7, 11) is 0. The minimum absolute atomic E-state index is 0.00119. The van der Waals surface area contributed by atoms with Crippen molar-refractivity contribution in [3.05, 3.63) is 71.3 Å². The SMILES string of the molecule is Cc1ccnc(C)c1-c1cnc2[nH]cc(-c3ccc4c(c3)C(C)(C)CNC4=O)c2c1. The van der Waals surface area contributed by atoms with E-state index in [-0.39, 0.29) is 11.3 Å². The number of carbonyl (C=O) groups excluding carboxylic acids is 1. The van der Waals surface area contributed by atoms with Gasteiger partial charge in [-0.3, -0.25) is 9.78 Å². The lowest BCUT2D eigenvalue weighted by molar-refractivity contribution is 0.0930. The topological polar surface area (TPSA) is 70.7 Å². The number of carbonyl (C=O) groups is 1. The van der Waals surface area contributed by atoms with Gasteiger partial charge < -0.3 is 10.3 Å². The number of H-pyrrole nitrogens is 1. The van der Waals surface area contributed by atoms with E-state index in [1.807, 2.05) is 43.7 Å². The van der Waals surface area contributed by atoms with E-state index >= 15 is 0 Å². The number of aryl methyl sites for hydroxylation is 2. The fourth-order valence-electron chi connectivity index (χ4n) is 4.47. The third kappa shape index (κ3) is 2.81. The van der Waals surface area contributed by atoms with Crippen LogP contribution in [0.1, 0.15) is 41.0 Å². The molecular formula is C25H24N4O. The highest BCUT2D eigenvalue weighted by Crippen LogP contribution is 2.37. The molecule has 1 aromatic carbocycles. The molecule has 1 amide bonds. The van der Waals surface area contributed by atoms with Gasteiger partial charge in [0, 0.05) is 63.9 Å². The highest BCUT2D eigenvalue weighted by molar-refractivity contribution is 6.00. The Hall–Kier alpha value is -3.47. The zero-order valence-corrected chi connectivity index (χ0v) is 17.6. The summed E-state index contributed by atoms with van der Waals surface area (Å²) in [4.78, 5) is 24.7. The maximum atomic E-state index is 12.3. The Morgan fingerprint density at radius 3 is 2.63 bits per heavy atom. The van der Waals surface area contributed by atoms with E-state index in [9.17, 15) is 4.79 Å². The van der Waals surface area contributed by atoms with Crippen molar-refractivity contribution >= 4 is 16.9 Å². The summed E-state index contributed by atoms with van der Waals surface area (Å²) in [5, 5.41) is 4.05. The van der Waals surface area contributed by atoms with Gasteiger partial charge in [-0.05, 0) is 54.8 Å². The van der Waals surface area contributed by atoms with E-state index in [2.05, 4.69) is 53.2 Å². The van der Waals surface area contributed by atoms with E-state index in [0.29, 0.717) is 6.54 Å². The van der Waals surface area contributed by atoms with Crippen molar-refractivity contribution in [1.82, 2.24) is 20.3 Å². The highest BCUT2D eigenvalue weighted by atomic mass is 16.1. The number of rotatable bonds is 2. The Balaban J connectivity index is 1.69. The van der Waals surface area contributed by atoms with Gasteiger partial charge in [0.25, 0.3) is 5.91 Å². The Bertz CT molecular complexity index is 1300. The highest BCUT2D eigenvalue weighted by Gasteiger charge is 2.31. The fraction of sp³-hybridized carbons (Fsp3) is 0.240. The number of aromatic nitrogens is 3. The van der Waals surface area contributed by atoms with Crippen molar-refractivity contribution in [3.8, 4) is 22.3 Å². The zero-order chi connectivity index (χ0) is 21.0. The van der Waals surface area contributed by atoms with Gasteiger partial charge in [-0.1, -0.05) is 19.9 Å². The smallest absolute Gasteiger partial charge is 0.251 e. The molecule has 0 fully saturated rings. The second-order valence-corrected chi connectivity index (χ2v) is 8.74. The quantitative estimate of drug-likeness (QED) is 0.505. The molecule has 5 rings (SSSR count). The van der Waals surface area contributed by atoms with Gasteiger partial charge in [-0.15, -0.1) is 0 Å². The average Bonchev–Trinajstić information content (AvgIpc) is 3.14. The number of fused-ring (bicyclic) bond motifs is 2. The third-order valence-electron chi connectivity index (χ3n) is 6.16. The van der Waals surface area contributed by atoms with Gasteiger partial charge in [-0.2, -0.15) is 0 Å². The Kier molecular flexibility index (Phi) is 4.03.